The van der Waals surface area contributed by atoms with Crippen molar-refractivity contribution in [2.45, 2.75) is 52.1 Å². The Bertz CT molecular complexity index is 626. The van der Waals surface area contributed by atoms with Gasteiger partial charge in [-0.25, -0.2) is 9.98 Å². The topological polar surface area (TPSA) is 72.9 Å². The Balaban J connectivity index is 0.00000392. The number of carbonyl (C=O) groups is 1. The molecule has 1 aliphatic heterocycles. The monoisotopic (exact) mass is 522 g/mol. The molecule has 0 saturated carbocycles. The standard InChI is InChI=1S/C19H34N6OS.HI/c1-6-20-19(21-11-16-13-27-18(22-16)14(2)3)23-15-7-9-25(10-8-15)12-17(26)24(4)5;/h13-15H,6-12H2,1-5H3,(H2,20,21,23);1H. The average molecular weight is 523 g/mol. The van der Waals surface area contributed by atoms with Gasteiger partial charge in [0.2, 0.25) is 5.91 Å². The van der Waals surface area contributed by atoms with Crippen molar-refractivity contribution in [1.29, 1.82) is 0 Å². The van der Waals surface area contributed by atoms with Crippen molar-refractivity contribution in [3.8, 4) is 0 Å². The second kappa shape index (κ2) is 12.6. The van der Waals surface area contributed by atoms with Gasteiger partial charge in [0.1, 0.15) is 0 Å². The summed E-state index contributed by atoms with van der Waals surface area (Å²) in [5.41, 5.74) is 1.03. The van der Waals surface area contributed by atoms with E-state index in [1.165, 1.54) is 0 Å². The van der Waals surface area contributed by atoms with Crippen LogP contribution in [-0.2, 0) is 11.3 Å². The number of thiazole rings is 1. The summed E-state index contributed by atoms with van der Waals surface area (Å²) in [7, 11) is 3.62. The maximum Gasteiger partial charge on any atom is 0.236 e. The van der Waals surface area contributed by atoms with Crippen LogP contribution < -0.4 is 10.6 Å². The second-order valence-electron chi connectivity index (χ2n) is 7.51. The normalized spacial score (nSPS) is 16.0. The number of hydrogen-bond acceptors (Lipinski definition) is 5. The molecule has 160 valence electrons. The molecule has 1 aromatic rings. The van der Waals surface area contributed by atoms with Gasteiger partial charge in [-0.15, -0.1) is 35.3 Å². The molecular weight excluding hydrogens is 487 g/mol. The van der Waals surface area contributed by atoms with E-state index in [0.29, 0.717) is 25.0 Å². The molecule has 1 amide bonds. The Hall–Kier alpha value is -0.940. The number of carbonyl (C=O) groups excluding carboxylic acids is 1. The van der Waals surface area contributed by atoms with E-state index in [1.807, 2.05) is 14.1 Å². The number of aliphatic imine (C=N–C) groups is 1. The molecule has 0 aromatic carbocycles. The number of nitrogens with zero attached hydrogens (tertiary/aromatic N) is 4. The summed E-state index contributed by atoms with van der Waals surface area (Å²) in [4.78, 5) is 25.1. The molecule has 0 bridgehead atoms. The first-order valence-corrected chi connectivity index (χ1v) is 10.7. The predicted molar refractivity (Wildman–Crippen MR) is 128 cm³/mol. The Morgan fingerprint density at radius 1 is 1.39 bits per heavy atom. The van der Waals surface area contributed by atoms with Crippen LogP contribution in [0.4, 0.5) is 0 Å². The summed E-state index contributed by atoms with van der Waals surface area (Å²) >= 11 is 1.71. The number of aromatic nitrogens is 1. The van der Waals surface area contributed by atoms with Gasteiger partial charge < -0.3 is 15.5 Å². The summed E-state index contributed by atoms with van der Waals surface area (Å²) in [5, 5.41) is 10.1. The summed E-state index contributed by atoms with van der Waals surface area (Å²) in [6, 6.07) is 0.384. The fourth-order valence-electron chi connectivity index (χ4n) is 2.90. The maximum atomic E-state index is 11.9. The van der Waals surface area contributed by atoms with Gasteiger partial charge >= 0.3 is 0 Å². The summed E-state index contributed by atoms with van der Waals surface area (Å²) in [5.74, 6) is 1.48. The molecule has 1 fully saturated rings. The number of likely N-dealkylation sites (N-methyl/N-ethyl adjacent to an activating group) is 1. The van der Waals surface area contributed by atoms with Gasteiger partial charge in [0.05, 0.1) is 23.8 Å². The lowest BCUT2D eigenvalue weighted by atomic mass is 10.1. The van der Waals surface area contributed by atoms with Crippen molar-refractivity contribution in [2.24, 2.45) is 4.99 Å². The minimum absolute atomic E-state index is 0. The molecule has 2 N–H and O–H groups in total. The number of amides is 1. The smallest absolute Gasteiger partial charge is 0.236 e. The van der Waals surface area contributed by atoms with E-state index in [4.69, 9.17) is 4.99 Å². The number of piperidine rings is 1. The third kappa shape index (κ3) is 8.20. The first-order valence-electron chi connectivity index (χ1n) is 9.80. The molecule has 0 aliphatic carbocycles. The molecule has 0 atom stereocenters. The quantitative estimate of drug-likeness (QED) is 0.327. The van der Waals surface area contributed by atoms with E-state index >= 15 is 0 Å². The first kappa shape index (κ1) is 25.1. The lowest BCUT2D eigenvalue weighted by Gasteiger charge is -2.33. The molecule has 2 heterocycles. The highest BCUT2D eigenvalue weighted by Crippen LogP contribution is 2.19. The number of rotatable bonds is 7. The maximum absolute atomic E-state index is 11.9. The third-order valence-corrected chi connectivity index (χ3v) is 5.79. The molecule has 0 radical (unpaired) electrons. The van der Waals surface area contributed by atoms with Gasteiger partial charge in [0.15, 0.2) is 5.96 Å². The number of halogens is 1. The van der Waals surface area contributed by atoms with Crippen molar-refractivity contribution < 1.29 is 4.79 Å². The van der Waals surface area contributed by atoms with E-state index in [0.717, 1.165) is 49.1 Å². The van der Waals surface area contributed by atoms with Crippen LogP contribution in [0.15, 0.2) is 10.4 Å². The average Bonchev–Trinajstić information content (AvgIpc) is 3.11. The zero-order valence-corrected chi connectivity index (χ0v) is 20.8. The van der Waals surface area contributed by atoms with Crippen LogP contribution in [0.25, 0.3) is 0 Å². The molecule has 1 aromatic heterocycles. The van der Waals surface area contributed by atoms with Crippen LogP contribution in [-0.4, -0.2) is 73.0 Å². The lowest BCUT2D eigenvalue weighted by Crippen LogP contribution is -2.50. The Morgan fingerprint density at radius 3 is 2.61 bits per heavy atom. The first-order chi connectivity index (χ1) is 12.9. The summed E-state index contributed by atoms with van der Waals surface area (Å²) in [6.45, 7) is 10.2. The SMILES string of the molecule is CCNC(=NCc1csc(C(C)C)n1)NC1CCN(CC(=O)N(C)C)CC1.I. The molecule has 0 unspecified atom stereocenters. The third-order valence-electron chi connectivity index (χ3n) is 4.59. The highest BCUT2D eigenvalue weighted by Gasteiger charge is 2.22. The Morgan fingerprint density at radius 2 is 2.07 bits per heavy atom. The molecule has 2 rings (SSSR count). The lowest BCUT2D eigenvalue weighted by molar-refractivity contribution is -0.130. The minimum atomic E-state index is 0. The molecule has 28 heavy (non-hydrogen) atoms. The van der Waals surface area contributed by atoms with Crippen LogP contribution in [0.1, 0.15) is 50.2 Å². The largest absolute Gasteiger partial charge is 0.357 e. The fourth-order valence-corrected chi connectivity index (χ4v) is 3.73. The molecular formula is C19H35IN6OS. The van der Waals surface area contributed by atoms with Crippen molar-refractivity contribution in [1.82, 2.24) is 25.4 Å². The second-order valence-corrected chi connectivity index (χ2v) is 8.40. The van der Waals surface area contributed by atoms with Gasteiger partial charge in [0.25, 0.3) is 0 Å². The highest BCUT2D eigenvalue weighted by molar-refractivity contribution is 14.0. The number of hydrogen-bond donors (Lipinski definition) is 2. The zero-order chi connectivity index (χ0) is 19.8. The molecule has 0 spiro atoms. The van der Waals surface area contributed by atoms with E-state index < -0.39 is 0 Å². The minimum Gasteiger partial charge on any atom is -0.357 e. The zero-order valence-electron chi connectivity index (χ0n) is 17.7. The molecule has 1 aliphatic rings. The van der Waals surface area contributed by atoms with Crippen LogP contribution in [0.5, 0.6) is 0 Å². The Kier molecular flexibility index (Phi) is 11.3. The van der Waals surface area contributed by atoms with Crippen LogP contribution in [0, 0.1) is 0 Å². The van der Waals surface area contributed by atoms with E-state index in [1.54, 1.807) is 16.2 Å². The summed E-state index contributed by atoms with van der Waals surface area (Å²) in [6.07, 6.45) is 2.03. The van der Waals surface area contributed by atoms with Gasteiger partial charge in [-0.1, -0.05) is 13.8 Å². The van der Waals surface area contributed by atoms with Gasteiger partial charge in [-0.2, -0.15) is 0 Å². The van der Waals surface area contributed by atoms with Gasteiger partial charge in [-0.05, 0) is 19.8 Å². The fraction of sp³-hybridized carbons (Fsp3) is 0.737. The molecule has 7 nitrogen and oxygen atoms in total. The van der Waals surface area contributed by atoms with Crippen molar-refractivity contribution in [2.75, 3.05) is 40.3 Å². The summed E-state index contributed by atoms with van der Waals surface area (Å²) < 4.78 is 0. The van der Waals surface area contributed by atoms with Crippen molar-refractivity contribution in [3.05, 3.63) is 16.1 Å². The highest BCUT2D eigenvalue weighted by atomic mass is 127. The Labute approximate surface area is 190 Å². The van der Waals surface area contributed by atoms with E-state index in [9.17, 15) is 4.79 Å². The van der Waals surface area contributed by atoms with Gasteiger partial charge in [0, 0.05) is 51.1 Å². The molecule has 9 heteroatoms. The van der Waals surface area contributed by atoms with Crippen LogP contribution in [0.3, 0.4) is 0 Å². The number of guanidine groups is 1. The number of likely N-dealkylation sites (tertiary alicyclic amines) is 1. The van der Waals surface area contributed by atoms with Crippen LogP contribution in [0.2, 0.25) is 0 Å². The van der Waals surface area contributed by atoms with E-state index in [2.05, 4.69) is 46.7 Å². The van der Waals surface area contributed by atoms with Crippen molar-refractivity contribution in [3.63, 3.8) is 0 Å². The number of nitrogens with one attached hydrogen (secondary N) is 2. The molecule has 1 saturated heterocycles. The van der Waals surface area contributed by atoms with Crippen molar-refractivity contribution >= 4 is 47.2 Å². The van der Waals surface area contributed by atoms with E-state index in [-0.39, 0.29) is 29.9 Å². The predicted octanol–water partition coefficient (Wildman–Crippen LogP) is 2.49. The van der Waals surface area contributed by atoms with Gasteiger partial charge in [-0.3, -0.25) is 9.69 Å². The van der Waals surface area contributed by atoms with Crippen LogP contribution >= 0.6 is 35.3 Å².